The van der Waals surface area contributed by atoms with Gasteiger partial charge in [0.05, 0.1) is 12.1 Å². The van der Waals surface area contributed by atoms with Crippen molar-refractivity contribution in [1.29, 1.82) is 0 Å². The Labute approximate surface area is 136 Å². The van der Waals surface area contributed by atoms with Gasteiger partial charge in [0.25, 0.3) is 5.56 Å². The monoisotopic (exact) mass is 343 g/mol. The summed E-state index contributed by atoms with van der Waals surface area (Å²) in [7, 11) is 0. The number of hydrogen-bond donors (Lipinski definition) is 5. The van der Waals surface area contributed by atoms with Crippen LogP contribution in [0.2, 0.25) is 0 Å². The number of aromatic amines is 1. The SMILES string of the molecule is CC(C)(C)N=NNc1cn([C@H]2O[C@@H](CO)[C@@H](O)[C@H]2O)c(=O)[nH]c1=O. The molecule has 1 saturated heterocycles. The fourth-order valence-electron chi connectivity index (χ4n) is 2.09. The standard InChI is InChI=1S/C13H21N5O6/c1-13(2,3)16-17-15-6-4-18(12(23)14-10(6)22)11-9(21)8(20)7(5-19)24-11/h4,7-9,11,19-21H,5H2,1-3H3,(H,15,16)(H,14,22,23)/t7-,8+,9+,11-/m0/s1. The summed E-state index contributed by atoms with van der Waals surface area (Å²) in [5.41, 5.74) is 0.294. The topological polar surface area (TPSA) is 162 Å². The summed E-state index contributed by atoms with van der Waals surface area (Å²) in [5, 5.41) is 36.4. The summed E-state index contributed by atoms with van der Waals surface area (Å²) in [4.78, 5) is 25.8. The molecule has 11 heteroatoms. The predicted octanol–water partition coefficient (Wildman–Crippen LogP) is -1.27. The average molecular weight is 343 g/mol. The van der Waals surface area contributed by atoms with Gasteiger partial charge in [-0.1, -0.05) is 5.22 Å². The van der Waals surface area contributed by atoms with Crippen molar-refractivity contribution in [3.63, 3.8) is 0 Å². The fourth-order valence-corrected chi connectivity index (χ4v) is 2.09. The lowest BCUT2D eigenvalue weighted by molar-refractivity contribution is -0.0549. The molecule has 0 aromatic carbocycles. The highest BCUT2D eigenvalue weighted by molar-refractivity contribution is 5.36. The van der Waals surface area contributed by atoms with Gasteiger partial charge in [-0.15, -0.1) is 0 Å². The van der Waals surface area contributed by atoms with E-state index in [9.17, 15) is 19.8 Å². The van der Waals surface area contributed by atoms with Gasteiger partial charge in [-0.2, -0.15) is 5.11 Å². The lowest BCUT2D eigenvalue weighted by Crippen LogP contribution is -2.38. The highest BCUT2D eigenvalue weighted by Gasteiger charge is 2.43. The zero-order chi connectivity index (χ0) is 18.1. The number of H-pyrrole nitrogens is 1. The summed E-state index contributed by atoms with van der Waals surface area (Å²) >= 11 is 0. The van der Waals surface area contributed by atoms with Crippen LogP contribution in [0.4, 0.5) is 5.69 Å². The third-order valence-corrected chi connectivity index (χ3v) is 3.28. The highest BCUT2D eigenvalue weighted by Crippen LogP contribution is 2.28. The molecule has 134 valence electrons. The molecule has 0 amide bonds. The second kappa shape index (κ2) is 6.81. The lowest BCUT2D eigenvalue weighted by Gasteiger charge is -2.17. The second-order valence-corrected chi connectivity index (χ2v) is 6.42. The minimum absolute atomic E-state index is 0.0969. The van der Waals surface area contributed by atoms with Gasteiger partial charge >= 0.3 is 5.69 Å². The van der Waals surface area contributed by atoms with Gasteiger partial charge in [0, 0.05) is 6.20 Å². The minimum Gasteiger partial charge on any atom is -0.394 e. The van der Waals surface area contributed by atoms with Crippen LogP contribution >= 0.6 is 0 Å². The number of hydrogen-bond acceptors (Lipinski definition) is 8. The maximum Gasteiger partial charge on any atom is 0.330 e. The Balaban J connectivity index is 2.32. The Bertz CT molecular complexity index is 721. The zero-order valence-corrected chi connectivity index (χ0v) is 13.5. The molecule has 0 radical (unpaired) electrons. The Morgan fingerprint density at radius 2 is 2.00 bits per heavy atom. The van der Waals surface area contributed by atoms with E-state index in [0.29, 0.717) is 0 Å². The van der Waals surface area contributed by atoms with Crippen molar-refractivity contribution in [2.24, 2.45) is 10.3 Å². The van der Waals surface area contributed by atoms with Gasteiger partial charge < -0.3 is 20.1 Å². The Morgan fingerprint density at radius 3 is 2.54 bits per heavy atom. The third kappa shape index (κ3) is 3.87. The van der Waals surface area contributed by atoms with Crippen LogP contribution in [0.1, 0.15) is 27.0 Å². The van der Waals surface area contributed by atoms with Crippen molar-refractivity contribution in [3.05, 3.63) is 27.0 Å². The van der Waals surface area contributed by atoms with Gasteiger partial charge in [0.1, 0.15) is 24.0 Å². The molecule has 1 aliphatic rings. The molecule has 0 spiro atoms. The van der Waals surface area contributed by atoms with Gasteiger partial charge in [0.15, 0.2) is 6.23 Å². The first-order chi connectivity index (χ1) is 11.1. The molecule has 1 fully saturated rings. The smallest absolute Gasteiger partial charge is 0.330 e. The Morgan fingerprint density at radius 1 is 1.33 bits per heavy atom. The summed E-state index contributed by atoms with van der Waals surface area (Å²) in [5.74, 6) is 0. The van der Waals surface area contributed by atoms with Crippen molar-refractivity contribution < 1.29 is 20.1 Å². The quantitative estimate of drug-likeness (QED) is 0.336. The van der Waals surface area contributed by atoms with E-state index >= 15 is 0 Å². The normalized spacial score (nSPS) is 27.8. The Kier molecular flexibility index (Phi) is 5.18. The molecule has 4 atom stereocenters. The Hall–Kier alpha value is -2.08. The van der Waals surface area contributed by atoms with E-state index < -0.39 is 47.9 Å². The first kappa shape index (κ1) is 18.3. The number of aliphatic hydroxyl groups excluding tert-OH is 3. The van der Waals surface area contributed by atoms with Crippen LogP contribution in [-0.4, -0.2) is 55.3 Å². The largest absolute Gasteiger partial charge is 0.394 e. The summed E-state index contributed by atoms with van der Waals surface area (Å²) in [6.45, 7) is 4.89. The molecule has 2 rings (SSSR count). The molecule has 0 saturated carbocycles. The first-order valence-electron chi connectivity index (χ1n) is 7.30. The lowest BCUT2D eigenvalue weighted by atomic mass is 10.1. The van der Waals surface area contributed by atoms with E-state index in [-0.39, 0.29) is 5.69 Å². The number of ether oxygens (including phenoxy) is 1. The molecule has 5 N–H and O–H groups in total. The molecular formula is C13H21N5O6. The van der Waals surface area contributed by atoms with Crippen LogP contribution in [0.5, 0.6) is 0 Å². The summed E-state index contributed by atoms with van der Waals surface area (Å²) < 4.78 is 6.17. The van der Waals surface area contributed by atoms with E-state index in [1.54, 1.807) is 0 Å². The van der Waals surface area contributed by atoms with Gasteiger partial charge in [-0.25, -0.2) is 4.79 Å². The molecule has 1 aliphatic heterocycles. The minimum atomic E-state index is -1.45. The molecule has 11 nitrogen and oxygen atoms in total. The van der Waals surface area contributed by atoms with E-state index in [4.69, 9.17) is 9.84 Å². The average Bonchev–Trinajstić information content (AvgIpc) is 2.76. The number of nitrogens with zero attached hydrogens (tertiary/aromatic N) is 3. The summed E-state index contributed by atoms with van der Waals surface area (Å²) in [6.07, 6.45) is -4.02. The predicted molar refractivity (Wildman–Crippen MR) is 82.6 cm³/mol. The van der Waals surface area contributed by atoms with Crippen LogP contribution in [0, 0.1) is 0 Å². The molecule has 0 bridgehead atoms. The van der Waals surface area contributed by atoms with Crippen LogP contribution in [0.15, 0.2) is 26.1 Å². The number of rotatable bonds is 4. The van der Waals surface area contributed by atoms with E-state index in [2.05, 4.69) is 20.7 Å². The van der Waals surface area contributed by atoms with E-state index in [1.165, 1.54) is 0 Å². The van der Waals surface area contributed by atoms with Crippen molar-refractivity contribution in [2.45, 2.75) is 50.8 Å². The molecule has 1 aromatic heterocycles. The van der Waals surface area contributed by atoms with Crippen molar-refractivity contribution in [3.8, 4) is 0 Å². The number of aliphatic hydroxyl groups is 3. The molecule has 0 aliphatic carbocycles. The molecular weight excluding hydrogens is 322 g/mol. The number of anilines is 1. The van der Waals surface area contributed by atoms with Crippen molar-refractivity contribution >= 4 is 5.69 Å². The van der Waals surface area contributed by atoms with E-state index in [1.807, 2.05) is 20.8 Å². The maximum absolute atomic E-state index is 11.9. The fraction of sp³-hybridized carbons (Fsp3) is 0.692. The third-order valence-electron chi connectivity index (χ3n) is 3.28. The molecule has 2 heterocycles. The van der Waals surface area contributed by atoms with Gasteiger partial charge in [-0.05, 0) is 20.8 Å². The molecule has 1 aromatic rings. The van der Waals surface area contributed by atoms with Crippen LogP contribution in [0.3, 0.4) is 0 Å². The van der Waals surface area contributed by atoms with Crippen LogP contribution < -0.4 is 16.7 Å². The number of aromatic nitrogens is 2. The molecule has 0 unspecified atom stereocenters. The highest BCUT2D eigenvalue weighted by atomic mass is 16.6. The number of nitrogens with one attached hydrogen (secondary N) is 2. The van der Waals surface area contributed by atoms with Crippen molar-refractivity contribution in [1.82, 2.24) is 9.55 Å². The summed E-state index contributed by atoms with van der Waals surface area (Å²) in [6, 6.07) is 0. The molecule has 24 heavy (non-hydrogen) atoms. The van der Waals surface area contributed by atoms with Crippen molar-refractivity contribution in [2.75, 3.05) is 12.0 Å². The first-order valence-corrected chi connectivity index (χ1v) is 7.30. The van der Waals surface area contributed by atoms with Gasteiger partial charge in [-0.3, -0.25) is 19.8 Å². The zero-order valence-electron chi connectivity index (χ0n) is 13.5. The van der Waals surface area contributed by atoms with Crippen LogP contribution in [-0.2, 0) is 4.74 Å². The van der Waals surface area contributed by atoms with Crippen LogP contribution in [0.25, 0.3) is 0 Å². The second-order valence-electron chi connectivity index (χ2n) is 6.42. The van der Waals surface area contributed by atoms with Gasteiger partial charge in [0.2, 0.25) is 0 Å². The van der Waals surface area contributed by atoms with E-state index in [0.717, 1.165) is 10.8 Å². The maximum atomic E-state index is 11.9.